The van der Waals surface area contributed by atoms with Gasteiger partial charge in [-0.3, -0.25) is 4.99 Å². The van der Waals surface area contributed by atoms with Crippen LogP contribution in [0.15, 0.2) is 10.4 Å². The zero-order chi connectivity index (χ0) is 16.8. The number of rotatable bonds is 6. The summed E-state index contributed by atoms with van der Waals surface area (Å²) >= 11 is 1.68. The van der Waals surface area contributed by atoms with E-state index < -0.39 is 0 Å². The third kappa shape index (κ3) is 5.93. The highest BCUT2D eigenvalue weighted by Crippen LogP contribution is 2.22. The number of nitrogens with one attached hydrogen (secondary N) is 1. The highest BCUT2D eigenvalue weighted by molar-refractivity contribution is 7.09. The van der Waals surface area contributed by atoms with Gasteiger partial charge in [-0.25, -0.2) is 4.98 Å². The van der Waals surface area contributed by atoms with Crippen molar-refractivity contribution in [3.8, 4) is 0 Å². The van der Waals surface area contributed by atoms with Crippen molar-refractivity contribution < 1.29 is 4.74 Å². The van der Waals surface area contributed by atoms with Gasteiger partial charge in [0.1, 0.15) is 0 Å². The Morgan fingerprint density at radius 3 is 2.64 bits per heavy atom. The fraction of sp³-hybridized carbons (Fsp3) is 0.750. The summed E-state index contributed by atoms with van der Waals surface area (Å²) in [6.07, 6.45) is 0.0936. The van der Waals surface area contributed by atoms with Crippen molar-refractivity contribution >= 4 is 17.3 Å². The van der Waals surface area contributed by atoms with Gasteiger partial charge in [-0.15, -0.1) is 11.3 Å². The van der Waals surface area contributed by atoms with E-state index in [1.807, 2.05) is 14.0 Å². The van der Waals surface area contributed by atoms with E-state index in [1.165, 1.54) is 0 Å². The molecular weight excluding hydrogens is 296 g/mol. The summed E-state index contributed by atoms with van der Waals surface area (Å²) in [6.45, 7) is 12.9. The maximum atomic E-state index is 5.58. The van der Waals surface area contributed by atoms with E-state index >= 15 is 0 Å². The highest BCUT2D eigenvalue weighted by atomic mass is 32.1. The average Bonchev–Trinajstić information content (AvgIpc) is 2.82. The molecule has 1 aromatic heterocycles. The molecule has 0 aromatic carbocycles. The number of guanidine groups is 1. The second-order valence-electron chi connectivity index (χ2n) is 6.50. The topological polar surface area (TPSA) is 49.8 Å². The normalized spacial score (nSPS) is 14.0. The predicted octanol–water partition coefficient (Wildman–Crippen LogP) is 2.91. The molecule has 1 rings (SSSR count). The molecule has 0 saturated heterocycles. The molecular formula is C16H30N4OS. The van der Waals surface area contributed by atoms with Gasteiger partial charge in [0, 0.05) is 26.1 Å². The Balaban J connectivity index is 2.75. The number of ether oxygens (including phenoxy) is 1. The van der Waals surface area contributed by atoms with E-state index in [-0.39, 0.29) is 11.5 Å². The average molecular weight is 327 g/mol. The van der Waals surface area contributed by atoms with Crippen molar-refractivity contribution in [1.82, 2.24) is 15.2 Å². The molecule has 1 unspecified atom stereocenters. The Labute approximate surface area is 138 Å². The summed E-state index contributed by atoms with van der Waals surface area (Å²) in [6, 6.07) is 0. The smallest absolute Gasteiger partial charge is 0.194 e. The van der Waals surface area contributed by atoms with Crippen LogP contribution in [0, 0.1) is 12.3 Å². The quantitative estimate of drug-likeness (QED) is 0.645. The maximum Gasteiger partial charge on any atom is 0.194 e. The van der Waals surface area contributed by atoms with E-state index in [0.717, 1.165) is 29.8 Å². The first-order valence-electron chi connectivity index (χ1n) is 7.71. The summed E-state index contributed by atoms with van der Waals surface area (Å²) in [5, 5.41) is 6.53. The van der Waals surface area contributed by atoms with Crippen molar-refractivity contribution in [1.29, 1.82) is 0 Å². The molecule has 0 bridgehead atoms. The molecule has 0 fully saturated rings. The van der Waals surface area contributed by atoms with Crippen LogP contribution in [0.2, 0.25) is 0 Å². The molecule has 0 aliphatic heterocycles. The summed E-state index contributed by atoms with van der Waals surface area (Å²) in [5.41, 5.74) is 1.15. The van der Waals surface area contributed by atoms with Crippen molar-refractivity contribution in [2.24, 2.45) is 10.4 Å². The summed E-state index contributed by atoms with van der Waals surface area (Å²) in [7, 11) is 3.79. The number of aryl methyl sites for hydroxylation is 1. The monoisotopic (exact) mass is 326 g/mol. The molecule has 1 N–H and O–H groups in total. The first-order chi connectivity index (χ1) is 10.3. The van der Waals surface area contributed by atoms with Crippen LogP contribution in [0.5, 0.6) is 0 Å². The standard InChI is InChI=1S/C16H30N4OS/c1-8-17-15(18-9-14(21-7)16(3,4)5)20(6)10-13-11-22-12(2)19-13/h11,14H,8-10H2,1-7H3,(H,17,18). The molecule has 1 aromatic rings. The number of hydrogen-bond donors (Lipinski definition) is 1. The van der Waals surface area contributed by atoms with Crippen LogP contribution in [0.3, 0.4) is 0 Å². The number of nitrogens with zero attached hydrogens (tertiary/aromatic N) is 3. The highest BCUT2D eigenvalue weighted by Gasteiger charge is 2.24. The fourth-order valence-electron chi connectivity index (χ4n) is 2.14. The number of hydrogen-bond acceptors (Lipinski definition) is 4. The molecule has 1 atom stereocenters. The van der Waals surface area contributed by atoms with Gasteiger partial charge < -0.3 is 15.0 Å². The van der Waals surface area contributed by atoms with Crippen LogP contribution in [0.4, 0.5) is 0 Å². The number of aromatic nitrogens is 1. The van der Waals surface area contributed by atoms with Gasteiger partial charge in [-0.05, 0) is 19.3 Å². The van der Waals surface area contributed by atoms with Crippen LogP contribution < -0.4 is 5.32 Å². The molecule has 0 amide bonds. The number of methoxy groups -OCH3 is 1. The Kier molecular flexibility index (Phi) is 7.29. The maximum absolute atomic E-state index is 5.58. The van der Waals surface area contributed by atoms with E-state index in [4.69, 9.17) is 9.73 Å². The lowest BCUT2D eigenvalue weighted by atomic mass is 9.89. The molecule has 5 nitrogen and oxygen atoms in total. The van der Waals surface area contributed by atoms with Crippen LogP contribution in [0.1, 0.15) is 38.4 Å². The third-order valence-electron chi connectivity index (χ3n) is 3.42. The van der Waals surface area contributed by atoms with Gasteiger partial charge in [0.05, 0.1) is 29.9 Å². The first-order valence-corrected chi connectivity index (χ1v) is 8.59. The molecule has 126 valence electrons. The molecule has 1 heterocycles. The predicted molar refractivity (Wildman–Crippen MR) is 94.5 cm³/mol. The Morgan fingerprint density at radius 2 is 2.18 bits per heavy atom. The van der Waals surface area contributed by atoms with Gasteiger partial charge in [0.25, 0.3) is 0 Å². The van der Waals surface area contributed by atoms with E-state index in [1.54, 1.807) is 18.4 Å². The molecule has 0 saturated carbocycles. The van der Waals surface area contributed by atoms with Crippen LogP contribution in [-0.2, 0) is 11.3 Å². The van der Waals surface area contributed by atoms with Gasteiger partial charge in [0.2, 0.25) is 0 Å². The lowest BCUT2D eigenvalue weighted by molar-refractivity contribution is 0.0240. The molecule has 22 heavy (non-hydrogen) atoms. The van der Waals surface area contributed by atoms with Crippen molar-refractivity contribution in [2.45, 2.75) is 47.3 Å². The second-order valence-corrected chi connectivity index (χ2v) is 7.56. The molecule has 6 heteroatoms. The lowest BCUT2D eigenvalue weighted by Crippen LogP contribution is -2.40. The van der Waals surface area contributed by atoms with Gasteiger partial charge in [0.15, 0.2) is 5.96 Å². The molecule has 0 spiro atoms. The van der Waals surface area contributed by atoms with Crippen LogP contribution in [0.25, 0.3) is 0 Å². The summed E-state index contributed by atoms with van der Waals surface area (Å²) in [4.78, 5) is 11.4. The minimum absolute atomic E-state index is 0.0696. The van der Waals surface area contributed by atoms with Gasteiger partial charge >= 0.3 is 0 Å². The Bertz CT molecular complexity index is 479. The molecule has 0 aliphatic carbocycles. The Morgan fingerprint density at radius 1 is 1.50 bits per heavy atom. The lowest BCUT2D eigenvalue weighted by Gasteiger charge is -2.29. The van der Waals surface area contributed by atoms with Gasteiger partial charge in [-0.1, -0.05) is 20.8 Å². The van der Waals surface area contributed by atoms with E-state index in [2.05, 4.69) is 48.3 Å². The summed E-state index contributed by atoms with van der Waals surface area (Å²) < 4.78 is 5.58. The largest absolute Gasteiger partial charge is 0.379 e. The minimum Gasteiger partial charge on any atom is -0.379 e. The SMILES string of the molecule is CCNC(=NCC(OC)C(C)(C)C)N(C)Cc1csc(C)n1. The van der Waals surface area contributed by atoms with E-state index in [9.17, 15) is 0 Å². The molecule has 0 radical (unpaired) electrons. The second kappa shape index (κ2) is 8.48. The number of thiazole rings is 1. The van der Waals surface area contributed by atoms with Gasteiger partial charge in [-0.2, -0.15) is 0 Å². The zero-order valence-corrected chi connectivity index (χ0v) is 15.8. The van der Waals surface area contributed by atoms with Crippen molar-refractivity contribution in [2.75, 3.05) is 27.2 Å². The van der Waals surface area contributed by atoms with E-state index in [0.29, 0.717) is 6.54 Å². The minimum atomic E-state index is 0.0696. The van der Waals surface area contributed by atoms with Crippen LogP contribution in [-0.4, -0.2) is 49.2 Å². The van der Waals surface area contributed by atoms with Crippen molar-refractivity contribution in [3.05, 3.63) is 16.1 Å². The number of aliphatic imine (C=N–C) groups is 1. The Hall–Kier alpha value is -1.14. The van der Waals surface area contributed by atoms with Crippen LogP contribution >= 0.6 is 11.3 Å². The zero-order valence-electron chi connectivity index (χ0n) is 14.9. The molecule has 0 aliphatic rings. The summed E-state index contributed by atoms with van der Waals surface area (Å²) in [5.74, 6) is 0.888. The van der Waals surface area contributed by atoms with Crippen molar-refractivity contribution in [3.63, 3.8) is 0 Å². The fourth-order valence-corrected chi connectivity index (χ4v) is 2.74. The third-order valence-corrected chi connectivity index (χ3v) is 4.24. The first kappa shape index (κ1) is 18.9.